The van der Waals surface area contributed by atoms with Gasteiger partial charge in [-0.25, -0.2) is 0 Å². The van der Waals surface area contributed by atoms with Crippen molar-refractivity contribution in [3.8, 4) is 0 Å². The molecule has 1 fully saturated rings. The Morgan fingerprint density at radius 2 is 2.00 bits per heavy atom. The van der Waals surface area contributed by atoms with Crippen LogP contribution in [0.3, 0.4) is 0 Å². The van der Waals surface area contributed by atoms with Gasteiger partial charge in [-0.15, -0.1) is 0 Å². The molecular weight excluding hydrogens is 342 g/mol. The summed E-state index contributed by atoms with van der Waals surface area (Å²) >= 11 is 0. The summed E-state index contributed by atoms with van der Waals surface area (Å²) in [5.74, 6) is 0.495. The van der Waals surface area contributed by atoms with Gasteiger partial charge >= 0.3 is 0 Å². The molecule has 1 saturated carbocycles. The first-order valence-electron chi connectivity index (χ1n) is 9.69. The molecule has 1 N–H and O–H groups in total. The molecule has 27 heavy (non-hydrogen) atoms. The maximum absolute atomic E-state index is 12.5. The molecule has 7 nitrogen and oxygen atoms in total. The van der Waals surface area contributed by atoms with E-state index in [-0.39, 0.29) is 17.7 Å². The molecule has 1 aliphatic carbocycles. The second-order valence-electron chi connectivity index (χ2n) is 7.37. The van der Waals surface area contributed by atoms with Crippen LogP contribution in [0.5, 0.6) is 0 Å². The van der Waals surface area contributed by atoms with Crippen molar-refractivity contribution < 1.29 is 9.59 Å². The van der Waals surface area contributed by atoms with Gasteiger partial charge in [-0.05, 0) is 43.0 Å². The van der Waals surface area contributed by atoms with Crippen molar-refractivity contribution in [2.75, 3.05) is 6.54 Å². The number of hydrogen-bond donors (Lipinski definition) is 1. The molecule has 1 aliphatic heterocycles. The van der Waals surface area contributed by atoms with Gasteiger partial charge in [0.1, 0.15) is 0 Å². The molecule has 4 rings (SSSR count). The zero-order valence-electron chi connectivity index (χ0n) is 15.4. The number of carbonyl (C=O) groups excluding carboxylic acids is 2. The third-order valence-electron chi connectivity index (χ3n) is 5.50. The minimum Gasteiger partial charge on any atom is -0.350 e. The average molecular weight is 367 g/mol. The summed E-state index contributed by atoms with van der Waals surface area (Å²) in [5, 5.41) is 7.55. The van der Waals surface area contributed by atoms with Gasteiger partial charge in [-0.2, -0.15) is 5.10 Å². The molecule has 2 aliphatic rings. The molecule has 0 atom stereocenters. The molecule has 2 amide bonds. The molecule has 0 unspecified atom stereocenters. The van der Waals surface area contributed by atoms with E-state index in [0.29, 0.717) is 32.6 Å². The molecule has 0 radical (unpaired) electrons. The van der Waals surface area contributed by atoms with Crippen LogP contribution in [0.4, 0.5) is 0 Å². The highest BCUT2D eigenvalue weighted by molar-refractivity contribution is 5.79. The number of hydrogen-bond acceptors (Lipinski definition) is 4. The van der Waals surface area contributed by atoms with Crippen LogP contribution in [0, 0.1) is 5.92 Å². The lowest BCUT2D eigenvalue weighted by molar-refractivity contribution is -0.132. The van der Waals surface area contributed by atoms with Crippen molar-refractivity contribution in [3.05, 3.63) is 47.5 Å². The van der Waals surface area contributed by atoms with Crippen molar-refractivity contribution in [2.45, 2.75) is 51.7 Å². The van der Waals surface area contributed by atoms with Crippen LogP contribution in [-0.2, 0) is 35.6 Å². The van der Waals surface area contributed by atoms with E-state index in [4.69, 9.17) is 0 Å². The van der Waals surface area contributed by atoms with Crippen LogP contribution in [0.2, 0.25) is 0 Å². The Labute approximate surface area is 158 Å². The maximum Gasteiger partial charge on any atom is 0.223 e. The van der Waals surface area contributed by atoms with E-state index >= 15 is 0 Å². The Morgan fingerprint density at radius 3 is 2.74 bits per heavy atom. The Balaban J connectivity index is 1.29. The fourth-order valence-corrected chi connectivity index (χ4v) is 3.58. The lowest BCUT2D eigenvalue weighted by Crippen LogP contribution is -2.38. The zero-order valence-corrected chi connectivity index (χ0v) is 15.4. The molecule has 142 valence electrons. The number of amides is 2. The van der Waals surface area contributed by atoms with Crippen molar-refractivity contribution in [1.29, 1.82) is 0 Å². The van der Waals surface area contributed by atoms with Gasteiger partial charge in [0.2, 0.25) is 11.8 Å². The minimum absolute atomic E-state index is 0.139. The van der Waals surface area contributed by atoms with Crippen molar-refractivity contribution in [1.82, 2.24) is 25.0 Å². The van der Waals surface area contributed by atoms with Gasteiger partial charge in [-0.3, -0.25) is 19.3 Å². The lowest BCUT2D eigenvalue weighted by atomic mass is 9.85. The summed E-state index contributed by atoms with van der Waals surface area (Å²) in [5.41, 5.74) is 3.03. The van der Waals surface area contributed by atoms with Crippen LogP contribution < -0.4 is 5.32 Å². The molecule has 0 bridgehead atoms. The van der Waals surface area contributed by atoms with Crippen LogP contribution >= 0.6 is 0 Å². The van der Waals surface area contributed by atoms with E-state index in [1.165, 1.54) is 0 Å². The molecule has 3 heterocycles. The second-order valence-corrected chi connectivity index (χ2v) is 7.37. The van der Waals surface area contributed by atoms with Gasteiger partial charge in [0.15, 0.2) is 0 Å². The first-order chi connectivity index (χ1) is 13.2. The van der Waals surface area contributed by atoms with Crippen molar-refractivity contribution >= 4 is 11.8 Å². The number of carbonyl (C=O) groups is 2. The Kier molecular flexibility index (Phi) is 5.18. The third-order valence-corrected chi connectivity index (χ3v) is 5.50. The van der Waals surface area contributed by atoms with Crippen molar-refractivity contribution in [3.63, 3.8) is 0 Å². The summed E-state index contributed by atoms with van der Waals surface area (Å²) in [6, 6.07) is 5.90. The monoisotopic (exact) mass is 367 g/mol. The van der Waals surface area contributed by atoms with E-state index in [1.54, 1.807) is 12.4 Å². The first-order valence-corrected chi connectivity index (χ1v) is 9.69. The summed E-state index contributed by atoms with van der Waals surface area (Å²) < 4.78 is 1.96. The van der Waals surface area contributed by atoms with Crippen LogP contribution in [0.1, 0.15) is 42.6 Å². The average Bonchev–Trinajstić information content (AvgIpc) is 3.06. The third kappa shape index (κ3) is 4.18. The zero-order chi connectivity index (χ0) is 18.6. The topological polar surface area (TPSA) is 80.1 Å². The van der Waals surface area contributed by atoms with Gasteiger partial charge in [0.25, 0.3) is 0 Å². The van der Waals surface area contributed by atoms with Gasteiger partial charge < -0.3 is 10.2 Å². The van der Waals surface area contributed by atoms with Gasteiger partial charge in [0, 0.05) is 31.3 Å². The summed E-state index contributed by atoms with van der Waals surface area (Å²) in [7, 11) is 0. The number of pyridine rings is 1. The highest BCUT2D eigenvalue weighted by atomic mass is 16.2. The molecular formula is C20H25N5O2. The standard InChI is InChI=1S/C20H25N5O2/c26-19(5-4-15-6-8-21-9-7-15)24-10-11-25-18(14-24)12-17(23-25)13-22-20(27)16-2-1-3-16/h6-9,12,16H,1-5,10-11,13-14H2,(H,22,27). The smallest absolute Gasteiger partial charge is 0.223 e. The Bertz CT molecular complexity index is 813. The highest BCUT2D eigenvalue weighted by Gasteiger charge is 2.26. The molecule has 2 aromatic rings. The van der Waals surface area contributed by atoms with Crippen LogP contribution in [-0.4, -0.2) is 38.0 Å². The summed E-state index contributed by atoms with van der Waals surface area (Å²) in [6.07, 6.45) is 7.90. The molecule has 0 saturated heterocycles. The number of nitrogens with one attached hydrogen (secondary N) is 1. The fraction of sp³-hybridized carbons (Fsp3) is 0.500. The number of rotatable bonds is 6. The summed E-state index contributed by atoms with van der Waals surface area (Å²) in [4.78, 5) is 30.4. The van der Waals surface area contributed by atoms with E-state index in [2.05, 4.69) is 15.4 Å². The second kappa shape index (κ2) is 7.90. The molecule has 7 heteroatoms. The quantitative estimate of drug-likeness (QED) is 0.842. The van der Waals surface area contributed by atoms with E-state index in [0.717, 1.165) is 42.6 Å². The van der Waals surface area contributed by atoms with E-state index in [1.807, 2.05) is 27.8 Å². The molecule has 0 spiro atoms. The summed E-state index contributed by atoms with van der Waals surface area (Å²) in [6.45, 7) is 2.43. The van der Waals surface area contributed by atoms with Crippen molar-refractivity contribution in [2.24, 2.45) is 5.92 Å². The van der Waals surface area contributed by atoms with Crippen LogP contribution in [0.25, 0.3) is 0 Å². The molecule has 2 aromatic heterocycles. The van der Waals surface area contributed by atoms with Crippen LogP contribution in [0.15, 0.2) is 30.6 Å². The predicted octanol–water partition coefficient (Wildman–Crippen LogP) is 1.67. The highest BCUT2D eigenvalue weighted by Crippen LogP contribution is 2.26. The van der Waals surface area contributed by atoms with Gasteiger partial charge in [0.05, 0.1) is 31.0 Å². The SMILES string of the molecule is O=C(NCc1cc2n(n1)CCN(C(=O)CCc1ccncc1)C2)C1CCC1. The van der Waals surface area contributed by atoms with E-state index in [9.17, 15) is 9.59 Å². The largest absolute Gasteiger partial charge is 0.350 e. The minimum atomic E-state index is 0.139. The lowest BCUT2D eigenvalue weighted by Gasteiger charge is -2.27. The number of aryl methyl sites for hydroxylation is 1. The number of nitrogens with zero attached hydrogens (tertiary/aromatic N) is 4. The predicted molar refractivity (Wildman–Crippen MR) is 99.4 cm³/mol. The Hall–Kier alpha value is -2.70. The number of fused-ring (bicyclic) bond motifs is 1. The fourth-order valence-electron chi connectivity index (χ4n) is 3.58. The maximum atomic E-state index is 12.5. The van der Waals surface area contributed by atoms with Gasteiger partial charge in [-0.1, -0.05) is 6.42 Å². The first kappa shape index (κ1) is 17.7. The van der Waals surface area contributed by atoms with E-state index < -0.39 is 0 Å². The molecule has 0 aromatic carbocycles. The normalized spacial score (nSPS) is 16.5. The number of aromatic nitrogens is 3. The Morgan fingerprint density at radius 1 is 1.19 bits per heavy atom.